The number of aliphatic hydroxyl groups is 2. The third-order valence-electron chi connectivity index (χ3n) is 7.34. The topological polar surface area (TPSA) is 107 Å². The second-order valence-corrected chi connectivity index (χ2v) is 11.1. The van der Waals surface area contributed by atoms with Gasteiger partial charge in [0, 0.05) is 30.0 Å². The van der Waals surface area contributed by atoms with E-state index in [9.17, 15) is 33.0 Å². The third-order valence-corrected chi connectivity index (χ3v) is 7.34. The smallest absolute Gasteiger partial charge is 0.240 e. The molecule has 0 aromatic heterocycles. The molecule has 1 saturated heterocycles. The van der Waals surface area contributed by atoms with E-state index in [1.807, 2.05) is 20.8 Å². The zero-order chi connectivity index (χ0) is 27.3. The summed E-state index contributed by atoms with van der Waals surface area (Å²) < 4.78 is 42.8. The highest BCUT2D eigenvalue weighted by molar-refractivity contribution is 6.10. The standard InChI is InChI=1S/C27H32F3N3O4/c1-26(2,3)13-23-27(12-22(24(31)36)33(23)16-5-6-19(29)20(30)11-16)18-10-15(28)4-7-21(18)32(25(27)37)9-8-17(35)14-34/h4-7,10-11,17,22-23,34-35H,8-9,12-14H2,1-3H3,(H2,31,36). The van der Waals surface area contributed by atoms with Crippen molar-refractivity contribution >= 4 is 23.2 Å². The summed E-state index contributed by atoms with van der Waals surface area (Å²) in [5.41, 5.74) is 5.00. The average Bonchev–Trinajstić information content (AvgIpc) is 3.26. The van der Waals surface area contributed by atoms with E-state index in [2.05, 4.69) is 0 Å². The fourth-order valence-electron chi connectivity index (χ4n) is 5.77. The summed E-state index contributed by atoms with van der Waals surface area (Å²) in [6, 6.07) is 5.44. The minimum absolute atomic E-state index is 0.0512. The zero-order valence-corrected chi connectivity index (χ0v) is 21.0. The normalized spacial score (nSPS) is 24.2. The predicted molar refractivity (Wildman–Crippen MR) is 132 cm³/mol. The van der Waals surface area contributed by atoms with Crippen LogP contribution in [0.15, 0.2) is 36.4 Å². The predicted octanol–water partition coefficient (Wildman–Crippen LogP) is 3.00. The van der Waals surface area contributed by atoms with Gasteiger partial charge in [0.25, 0.3) is 0 Å². The number of amides is 2. The first-order valence-electron chi connectivity index (χ1n) is 12.2. The van der Waals surface area contributed by atoms with Crippen molar-refractivity contribution in [1.82, 2.24) is 0 Å². The Kier molecular flexibility index (Phi) is 7.02. The maximum absolute atomic E-state index is 14.7. The van der Waals surface area contributed by atoms with Crippen molar-refractivity contribution in [2.24, 2.45) is 11.1 Å². The van der Waals surface area contributed by atoms with Crippen LogP contribution in [0.5, 0.6) is 0 Å². The van der Waals surface area contributed by atoms with Crippen molar-refractivity contribution < 1.29 is 33.0 Å². The molecule has 0 aliphatic carbocycles. The molecule has 4 N–H and O–H groups in total. The highest BCUT2D eigenvalue weighted by Gasteiger charge is 2.64. The van der Waals surface area contributed by atoms with Gasteiger partial charge in [-0.3, -0.25) is 9.59 Å². The van der Waals surface area contributed by atoms with Gasteiger partial charge in [-0.2, -0.15) is 0 Å². The van der Waals surface area contributed by atoms with Gasteiger partial charge in [-0.1, -0.05) is 20.8 Å². The summed E-state index contributed by atoms with van der Waals surface area (Å²) in [5, 5.41) is 19.2. The number of benzene rings is 2. The van der Waals surface area contributed by atoms with Crippen molar-refractivity contribution in [3.05, 3.63) is 59.4 Å². The third kappa shape index (κ3) is 4.68. The molecule has 7 nitrogen and oxygen atoms in total. The van der Waals surface area contributed by atoms with Gasteiger partial charge in [-0.15, -0.1) is 0 Å². The summed E-state index contributed by atoms with van der Waals surface area (Å²) >= 11 is 0. The Morgan fingerprint density at radius 3 is 2.46 bits per heavy atom. The number of primary amides is 1. The molecule has 1 fully saturated rings. The minimum atomic E-state index is -1.42. The number of hydrogen-bond acceptors (Lipinski definition) is 5. The summed E-state index contributed by atoms with van der Waals surface area (Å²) in [5.74, 6) is -3.89. The van der Waals surface area contributed by atoms with Crippen molar-refractivity contribution in [2.75, 3.05) is 23.0 Å². The summed E-state index contributed by atoms with van der Waals surface area (Å²) in [6.45, 7) is 5.41. The van der Waals surface area contributed by atoms with Crippen LogP contribution in [0.1, 0.15) is 45.6 Å². The Morgan fingerprint density at radius 1 is 1.16 bits per heavy atom. The molecule has 2 aliphatic rings. The first-order valence-corrected chi connectivity index (χ1v) is 12.2. The monoisotopic (exact) mass is 519 g/mol. The Balaban J connectivity index is 1.94. The maximum atomic E-state index is 14.7. The van der Waals surface area contributed by atoms with Gasteiger partial charge in [-0.05, 0) is 60.6 Å². The number of nitrogens with two attached hydrogens (primary N) is 1. The van der Waals surface area contributed by atoms with Gasteiger partial charge in [0.1, 0.15) is 11.9 Å². The van der Waals surface area contributed by atoms with Crippen molar-refractivity contribution in [1.29, 1.82) is 0 Å². The lowest BCUT2D eigenvalue weighted by molar-refractivity contribution is -0.123. The Morgan fingerprint density at radius 2 is 1.86 bits per heavy atom. The Hall–Kier alpha value is -3.11. The van der Waals surface area contributed by atoms with Crippen LogP contribution in [0.3, 0.4) is 0 Å². The molecule has 2 aliphatic heterocycles. The molecule has 2 aromatic rings. The molecule has 0 saturated carbocycles. The number of fused-ring (bicyclic) bond motifs is 2. The van der Waals surface area contributed by atoms with Crippen molar-refractivity contribution in [2.45, 2.75) is 63.6 Å². The molecule has 0 radical (unpaired) electrons. The lowest BCUT2D eigenvalue weighted by atomic mass is 9.69. The molecule has 10 heteroatoms. The number of aliphatic hydroxyl groups excluding tert-OH is 2. The highest BCUT2D eigenvalue weighted by atomic mass is 19.2. The van der Waals surface area contributed by atoms with Crippen LogP contribution in [-0.4, -0.2) is 53.4 Å². The van der Waals surface area contributed by atoms with Gasteiger partial charge in [0.2, 0.25) is 11.8 Å². The van der Waals surface area contributed by atoms with E-state index in [0.29, 0.717) is 17.7 Å². The molecule has 2 amide bonds. The van der Waals surface area contributed by atoms with E-state index in [1.165, 1.54) is 29.2 Å². The van der Waals surface area contributed by atoms with Gasteiger partial charge in [0.15, 0.2) is 11.6 Å². The zero-order valence-electron chi connectivity index (χ0n) is 21.0. The van der Waals surface area contributed by atoms with Gasteiger partial charge in [0.05, 0.1) is 18.1 Å². The van der Waals surface area contributed by atoms with E-state index in [0.717, 1.165) is 12.1 Å². The second-order valence-electron chi connectivity index (χ2n) is 11.1. The highest BCUT2D eigenvalue weighted by Crippen LogP contribution is 2.56. The molecular weight excluding hydrogens is 487 g/mol. The van der Waals surface area contributed by atoms with Crippen LogP contribution >= 0.6 is 0 Å². The fraction of sp³-hybridized carbons (Fsp3) is 0.481. The number of hydrogen-bond donors (Lipinski definition) is 3. The lowest BCUT2D eigenvalue weighted by Crippen LogP contribution is -2.52. The quantitative estimate of drug-likeness (QED) is 0.522. The van der Waals surface area contributed by atoms with Crippen LogP contribution in [0.2, 0.25) is 0 Å². The molecular formula is C27H32F3N3O4. The van der Waals surface area contributed by atoms with E-state index in [4.69, 9.17) is 5.73 Å². The molecule has 37 heavy (non-hydrogen) atoms. The summed E-state index contributed by atoms with van der Waals surface area (Å²) in [6.07, 6.45) is -0.731. The SMILES string of the molecule is CC(C)(C)CC1N(c2ccc(F)c(F)c2)C(C(N)=O)CC12C(=O)N(CCC(O)CO)c1ccc(F)cc12. The number of halogens is 3. The number of carbonyl (C=O) groups excluding carboxylic acids is 2. The van der Waals surface area contributed by atoms with Crippen LogP contribution < -0.4 is 15.5 Å². The van der Waals surface area contributed by atoms with Crippen molar-refractivity contribution in [3.8, 4) is 0 Å². The molecule has 1 spiro atoms. The molecule has 4 rings (SSSR count). The van der Waals surface area contributed by atoms with Gasteiger partial charge >= 0.3 is 0 Å². The summed E-state index contributed by atoms with van der Waals surface area (Å²) in [4.78, 5) is 30.1. The van der Waals surface area contributed by atoms with Gasteiger partial charge in [-0.25, -0.2) is 13.2 Å². The molecule has 2 aromatic carbocycles. The average molecular weight is 520 g/mol. The van der Waals surface area contributed by atoms with Crippen LogP contribution in [0, 0.1) is 22.9 Å². The summed E-state index contributed by atoms with van der Waals surface area (Å²) in [7, 11) is 0. The fourth-order valence-corrected chi connectivity index (χ4v) is 5.77. The number of carbonyl (C=O) groups is 2. The van der Waals surface area contributed by atoms with Crippen LogP contribution in [0.25, 0.3) is 0 Å². The first-order chi connectivity index (χ1) is 17.3. The van der Waals surface area contributed by atoms with E-state index < -0.39 is 64.9 Å². The van der Waals surface area contributed by atoms with E-state index in [-0.39, 0.29) is 25.1 Å². The van der Waals surface area contributed by atoms with Crippen LogP contribution in [0.4, 0.5) is 24.5 Å². The largest absolute Gasteiger partial charge is 0.394 e. The Labute approximate surface area is 213 Å². The van der Waals surface area contributed by atoms with Crippen LogP contribution in [-0.2, 0) is 15.0 Å². The minimum Gasteiger partial charge on any atom is -0.394 e. The second kappa shape index (κ2) is 9.64. The molecule has 4 unspecified atom stereocenters. The number of nitrogens with zero attached hydrogens (tertiary/aromatic N) is 2. The molecule has 4 atom stereocenters. The molecule has 0 bridgehead atoms. The number of anilines is 2. The molecule has 200 valence electrons. The Bertz CT molecular complexity index is 1220. The molecule has 2 heterocycles. The van der Waals surface area contributed by atoms with Gasteiger partial charge < -0.3 is 25.7 Å². The van der Waals surface area contributed by atoms with Crippen molar-refractivity contribution in [3.63, 3.8) is 0 Å². The van der Waals surface area contributed by atoms with E-state index >= 15 is 0 Å². The first kappa shape index (κ1) is 26.9. The number of rotatable bonds is 7. The van der Waals surface area contributed by atoms with E-state index in [1.54, 1.807) is 4.90 Å². The maximum Gasteiger partial charge on any atom is 0.240 e. The lowest BCUT2D eigenvalue weighted by Gasteiger charge is -2.40.